The molecule has 3 heterocycles. The monoisotopic (exact) mass is 606 g/mol. The van der Waals surface area contributed by atoms with Crippen LogP contribution < -0.4 is 15.4 Å². The van der Waals surface area contributed by atoms with Crippen molar-refractivity contribution in [3.8, 4) is 5.88 Å². The smallest absolute Gasteiger partial charge is 0.417 e. The first-order valence-electron chi connectivity index (χ1n) is 11.3. The minimum absolute atomic E-state index is 0.165. The number of nitrogens with one attached hydrogen (secondary N) is 2. The maximum absolute atomic E-state index is 13.1. The van der Waals surface area contributed by atoms with E-state index in [1.807, 2.05) is 20.8 Å². The van der Waals surface area contributed by atoms with Crippen molar-refractivity contribution < 1.29 is 39.9 Å². The predicted molar refractivity (Wildman–Crippen MR) is 132 cm³/mol. The summed E-state index contributed by atoms with van der Waals surface area (Å²) in [6.45, 7) is 6.35. The molecule has 0 fully saturated rings. The van der Waals surface area contributed by atoms with Crippen molar-refractivity contribution >= 4 is 38.4 Å². The van der Waals surface area contributed by atoms with E-state index in [4.69, 9.17) is 16.4 Å². The van der Waals surface area contributed by atoms with Gasteiger partial charge in [-0.25, -0.2) is 13.1 Å². The highest BCUT2D eigenvalue weighted by molar-refractivity contribution is 8.05. The molecule has 0 aromatic carbocycles. The molecule has 39 heavy (non-hydrogen) atoms. The maximum atomic E-state index is 13.1. The van der Waals surface area contributed by atoms with Crippen LogP contribution in [0.3, 0.4) is 0 Å². The van der Waals surface area contributed by atoms with Crippen molar-refractivity contribution in [2.45, 2.75) is 71.2 Å². The lowest BCUT2D eigenvalue weighted by Crippen LogP contribution is -2.24. The van der Waals surface area contributed by atoms with E-state index in [0.29, 0.717) is 16.6 Å². The van der Waals surface area contributed by atoms with Crippen molar-refractivity contribution in [3.63, 3.8) is 0 Å². The van der Waals surface area contributed by atoms with E-state index < -0.39 is 56.2 Å². The molecule has 0 radical (unpaired) electrons. The Labute approximate surface area is 226 Å². The van der Waals surface area contributed by atoms with Gasteiger partial charge in [-0.2, -0.15) is 42.0 Å². The number of rotatable bonds is 8. The Bertz CT molecular complexity index is 1290. The highest BCUT2D eigenvalue weighted by Gasteiger charge is 2.43. The minimum atomic E-state index is -5.06. The molecule has 0 amide bonds. The van der Waals surface area contributed by atoms with E-state index in [-0.39, 0.29) is 17.7 Å². The highest BCUT2D eigenvalue weighted by atomic mass is 35.5. The molecule has 3 rings (SSSR count). The molecule has 1 aliphatic rings. The average Bonchev–Trinajstić information content (AvgIpc) is 3.27. The lowest BCUT2D eigenvalue weighted by atomic mass is 10.1. The molecule has 0 bridgehead atoms. The fraction of sp³-hybridized carbons (Fsp3) is 0.650. The molecule has 0 saturated heterocycles. The second kappa shape index (κ2) is 12.4. The van der Waals surface area contributed by atoms with Gasteiger partial charge < -0.3 is 20.2 Å². The van der Waals surface area contributed by atoms with Gasteiger partial charge in [-0.3, -0.25) is 0 Å². The summed E-state index contributed by atoms with van der Waals surface area (Å²) < 4.78 is 93.4. The summed E-state index contributed by atoms with van der Waals surface area (Å²) in [5, 5.41) is 12.2. The van der Waals surface area contributed by atoms with Gasteiger partial charge in [0.1, 0.15) is 5.60 Å². The maximum Gasteiger partial charge on any atom is 0.435 e. The third-order valence-corrected chi connectivity index (χ3v) is 6.36. The van der Waals surface area contributed by atoms with Gasteiger partial charge in [0.05, 0.1) is 11.3 Å². The predicted octanol–water partition coefficient (Wildman–Crippen LogP) is 4.24. The van der Waals surface area contributed by atoms with Crippen molar-refractivity contribution in [1.29, 1.82) is 0 Å². The van der Waals surface area contributed by atoms with Crippen molar-refractivity contribution in [3.05, 3.63) is 16.5 Å². The molecule has 12 nitrogen and oxygen atoms in total. The fourth-order valence-corrected chi connectivity index (χ4v) is 4.78. The van der Waals surface area contributed by atoms with E-state index in [0.717, 1.165) is 13.6 Å². The van der Waals surface area contributed by atoms with Crippen LogP contribution in [0, 0.1) is 0 Å². The van der Waals surface area contributed by atoms with Gasteiger partial charge in [0.25, 0.3) is 0 Å². The number of hydrogen-bond acceptors (Lipinski definition) is 11. The zero-order valence-corrected chi connectivity index (χ0v) is 23.3. The van der Waals surface area contributed by atoms with Gasteiger partial charge in [0, 0.05) is 26.1 Å². The molecular formula is C20H28ClF5N8O4S. The van der Waals surface area contributed by atoms with Gasteiger partial charge >= 0.3 is 12.8 Å². The third-order valence-electron chi connectivity index (χ3n) is 4.58. The number of halogens is 6. The van der Waals surface area contributed by atoms with Crippen molar-refractivity contribution in [2.24, 2.45) is 12.2 Å². The standard InChI is InChI=1S/C12H14F5N3O4S.C8H14ClN5/c1-11(2)4-7(19-24-11)25(21,22)5-6-8(12(15,16)17)18-20(3)9(6)23-10(13)14;1-4-10-7-12-6(9)13-8(14-7)11-5(2)3/h10H,4-5H2,1-3H3;5H,4H2,1-3H3,(H2,10,11,12,13,14). The first kappa shape index (κ1) is 32.2. The van der Waals surface area contributed by atoms with Crippen LogP contribution in [0.5, 0.6) is 5.88 Å². The number of aromatic nitrogens is 5. The number of oxime groups is 1. The second-order valence-electron chi connectivity index (χ2n) is 8.99. The Kier molecular flexibility index (Phi) is 10.3. The van der Waals surface area contributed by atoms with Crippen LogP contribution in [0.25, 0.3) is 0 Å². The van der Waals surface area contributed by atoms with Crippen molar-refractivity contribution in [1.82, 2.24) is 24.7 Å². The van der Waals surface area contributed by atoms with Gasteiger partial charge in [0.2, 0.25) is 23.1 Å². The SMILES string of the molecule is CCNc1nc(Cl)nc(NC(C)C)n1.Cn1nc(C(F)(F)F)c(CS(=O)(=O)C2=NOC(C)(C)C2)c1OC(F)F. The number of sulfone groups is 1. The normalized spacial score (nSPS) is 15.0. The number of aryl methyl sites for hydroxylation is 1. The second-order valence-corrected chi connectivity index (χ2v) is 11.3. The molecule has 0 unspecified atom stereocenters. The Balaban J connectivity index is 0.000000322. The van der Waals surface area contributed by atoms with Crippen LogP contribution in [-0.2, 0) is 33.7 Å². The summed E-state index contributed by atoms with van der Waals surface area (Å²) in [6, 6.07) is 0.267. The number of anilines is 2. The molecule has 2 aromatic heterocycles. The Hall–Kier alpha value is -3.02. The van der Waals surface area contributed by atoms with Crippen LogP contribution in [0.2, 0.25) is 5.28 Å². The van der Waals surface area contributed by atoms with Gasteiger partial charge in [-0.15, -0.1) is 0 Å². The van der Waals surface area contributed by atoms with E-state index in [1.165, 1.54) is 13.8 Å². The first-order valence-corrected chi connectivity index (χ1v) is 13.3. The van der Waals surface area contributed by atoms with Crippen LogP contribution >= 0.6 is 11.6 Å². The lowest BCUT2D eigenvalue weighted by molar-refractivity contribution is -0.142. The summed E-state index contributed by atoms with van der Waals surface area (Å²) >= 11 is 5.73. The summed E-state index contributed by atoms with van der Waals surface area (Å²) in [5.41, 5.74) is -3.57. The van der Waals surface area contributed by atoms with E-state index in [2.05, 4.69) is 40.6 Å². The number of hydrogen-bond donors (Lipinski definition) is 2. The van der Waals surface area contributed by atoms with Crippen LogP contribution in [0.1, 0.15) is 52.3 Å². The Morgan fingerprint density at radius 1 is 1.18 bits per heavy atom. The van der Waals surface area contributed by atoms with Crippen LogP contribution in [0.15, 0.2) is 5.16 Å². The zero-order valence-electron chi connectivity index (χ0n) is 21.8. The molecule has 1 aliphatic heterocycles. The summed E-state index contributed by atoms with van der Waals surface area (Å²) in [7, 11) is -3.43. The lowest BCUT2D eigenvalue weighted by Gasteiger charge is -2.13. The third kappa shape index (κ3) is 9.29. The van der Waals surface area contributed by atoms with Crippen LogP contribution in [-0.4, -0.2) is 63.0 Å². The van der Waals surface area contributed by atoms with E-state index in [9.17, 15) is 30.4 Å². The first-order chi connectivity index (χ1) is 17.8. The van der Waals surface area contributed by atoms with E-state index >= 15 is 0 Å². The molecule has 2 aromatic rings. The summed E-state index contributed by atoms with van der Waals surface area (Å²) in [5.74, 6) is -1.24. The average molecular weight is 607 g/mol. The van der Waals surface area contributed by atoms with Crippen LogP contribution in [0.4, 0.5) is 33.8 Å². The van der Waals surface area contributed by atoms with Gasteiger partial charge in [-0.05, 0) is 46.2 Å². The molecular weight excluding hydrogens is 579 g/mol. The number of ether oxygens (including phenoxy) is 1. The van der Waals surface area contributed by atoms with Gasteiger partial charge in [0.15, 0.2) is 20.6 Å². The molecule has 220 valence electrons. The van der Waals surface area contributed by atoms with Crippen molar-refractivity contribution in [2.75, 3.05) is 17.2 Å². The number of alkyl halides is 5. The van der Waals surface area contributed by atoms with E-state index in [1.54, 1.807) is 0 Å². The quantitative estimate of drug-likeness (QED) is 0.418. The number of nitrogens with zero attached hydrogens (tertiary/aromatic N) is 6. The Morgan fingerprint density at radius 3 is 2.28 bits per heavy atom. The molecule has 19 heteroatoms. The highest BCUT2D eigenvalue weighted by Crippen LogP contribution is 2.38. The molecule has 0 spiro atoms. The zero-order chi connectivity index (χ0) is 29.8. The minimum Gasteiger partial charge on any atom is -0.417 e. The van der Waals surface area contributed by atoms with Gasteiger partial charge in [-0.1, -0.05) is 5.16 Å². The Morgan fingerprint density at radius 2 is 1.79 bits per heavy atom. The molecule has 2 N–H and O–H groups in total. The summed E-state index contributed by atoms with van der Waals surface area (Å²) in [4.78, 5) is 16.9. The largest absolute Gasteiger partial charge is 0.435 e. The fourth-order valence-electron chi connectivity index (χ4n) is 3.10. The topological polar surface area (TPSA) is 146 Å². The molecule has 0 saturated carbocycles. The molecule has 0 atom stereocenters. The molecule has 0 aliphatic carbocycles. The summed E-state index contributed by atoms with van der Waals surface area (Å²) in [6.07, 6.45) is -5.22.